The highest BCUT2D eigenvalue weighted by Gasteiger charge is 2.48. The Morgan fingerprint density at radius 2 is 2.08 bits per heavy atom. The number of ether oxygens (including phenoxy) is 1. The summed E-state index contributed by atoms with van der Waals surface area (Å²) in [4.78, 5) is 18.4. The first-order valence-corrected chi connectivity index (χ1v) is 8.37. The average Bonchev–Trinajstić information content (AvgIpc) is 2.85. The van der Waals surface area contributed by atoms with Crippen molar-refractivity contribution >= 4 is 5.91 Å². The van der Waals surface area contributed by atoms with Crippen LogP contribution < -0.4 is 10.1 Å². The SMILES string of the molecule is CN(C)CCOc1ccc(C(=O)NC2c3ccccc3CC2(F)F)cn1. The highest BCUT2D eigenvalue weighted by Crippen LogP contribution is 2.43. The lowest BCUT2D eigenvalue weighted by molar-refractivity contribution is -0.0240. The molecule has 1 aromatic carbocycles. The van der Waals surface area contributed by atoms with E-state index in [1.807, 2.05) is 19.0 Å². The van der Waals surface area contributed by atoms with E-state index in [9.17, 15) is 13.6 Å². The molecule has 1 atom stereocenters. The number of amides is 1. The number of nitrogens with zero attached hydrogens (tertiary/aromatic N) is 2. The molecule has 1 amide bonds. The number of rotatable bonds is 6. The second kappa shape index (κ2) is 7.37. The van der Waals surface area contributed by atoms with E-state index >= 15 is 0 Å². The molecule has 0 spiro atoms. The maximum Gasteiger partial charge on any atom is 0.276 e. The number of halogens is 2. The number of carbonyl (C=O) groups is 1. The van der Waals surface area contributed by atoms with Crippen LogP contribution in [-0.2, 0) is 6.42 Å². The fourth-order valence-electron chi connectivity index (χ4n) is 2.89. The summed E-state index contributed by atoms with van der Waals surface area (Å²) >= 11 is 0. The number of nitrogens with one attached hydrogen (secondary N) is 1. The zero-order valence-electron chi connectivity index (χ0n) is 14.7. The molecule has 1 aliphatic carbocycles. The predicted octanol–water partition coefficient (Wildman–Crippen LogP) is 2.68. The summed E-state index contributed by atoms with van der Waals surface area (Å²) in [7, 11) is 3.86. The third-order valence-electron chi connectivity index (χ3n) is 4.28. The van der Waals surface area contributed by atoms with Crippen LogP contribution in [-0.4, -0.2) is 49.0 Å². The topological polar surface area (TPSA) is 54.5 Å². The summed E-state index contributed by atoms with van der Waals surface area (Å²) in [6, 6.07) is 8.45. The van der Waals surface area contributed by atoms with Crippen molar-refractivity contribution in [2.75, 3.05) is 27.2 Å². The Kier molecular flexibility index (Phi) is 5.18. The molecule has 1 unspecified atom stereocenters. The van der Waals surface area contributed by atoms with E-state index in [2.05, 4.69) is 10.3 Å². The van der Waals surface area contributed by atoms with Crippen LogP contribution in [0.1, 0.15) is 27.5 Å². The molecule has 0 saturated heterocycles. The third kappa shape index (κ3) is 3.99. The lowest BCUT2D eigenvalue weighted by Gasteiger charge is -2.21. The molecule has 0 saturated carbocycles. The van der Waals surface area contributed by atoms with Gasteiger partial charge in [0.2, 0.25) is 5.88 Å². The molecule has 7 heteroatoms. The number of carbonyl (C=O) groups excluding carboxylic acids is 1. The van der Waals surface area contributed by atoms with Crippen LogP contribution in [0.15, 0.2) is 42.6 Å². The lowest BCUT2D eigenvalue weighted by Crippen LogP contribution is -2.38. The van der Waals surface area contributed by atoms with Crippen LogP contribution >= 0.6 is 0 Å². The van der Waals surface area contributed by atoms with Gasteiger partial charge in [0.15, 0.2) is 0 Å². The van der Waals surface area contributed by atoms with Crippen molar-refractivity contribution in [3.05, 3.63) is 59.3 Å². The van der Waals surface area contributed by atoms with Gasteiger partial charge in [0, 0.05) is 25.2 Å². The van der Waals surface area contributed by atoms with E-state index in [1.165, 1.54) is 12.3 Å². The van der Waals surface area contributed by atoms with Gasteiger partial charge in [-0.2, -0.15) is 0 Å². The monoisotopic (exact) mass is 361 g/mol. The van der Waals surface area contributed by atoms with Gasteiger partial charge in [-0.05, 0) is 31.3 Å². The second-order valence-electron chi connectivity index (χ2n) is 6.58. The Labute approximate surface area is 151 Å². The molecule has 2 aromatic rings. The Balaban J connectivity index is 1.66. The molecule has 0 fully saturated rings. The fraction of sp³-hybridized carbons (Fsp3) is 0.368. The maximum absolute atomic E-state index is 14.3. The molecule has 5 nitrogen and oxygen atoms in total. The average molecular weight is 361 g/mol. The van der Waals surface area contributed by atoms with Gasteiger partial charge in [-0.3, -0.25) is 4.79 Å². The molecule has 1 heterocycles. The molecule has 0 radical (unpaired) electrons. The molecule has 1 aliphatic rings. The van der Waals surface area contributed by atoms with Crippen molar-refractivity contribution in [1.29, 1.82) is 0 Å². The Morgan fingerprint density at radius 1 is 1.31 bits per heavy atom. The second-order valence-corrected chi connectivity index (χ2v) is 6.58. The zero-order valence-corrected chi connectivity index (χ0v) is 14.7. The number of alkyl halides is 2. The number of benzene rings is 1. The molecule has 26 heavy (non-hydrogen) atoms. The van der Waals surface area contributed by atoms with Crippen molar-refractivity contribution in [1.82, 2.24) is 15.2 Å². The minimum absolute atomic E-state index is 0.213. The summed E-state index contributed by atoms with van der Waals surface area (Å²) in [5.41, 5.74) is 1.23. The molecule has 138 valence electrons. The number of hydrogen-bond acceptors (Lipinski definition) is 4. The summed E-state index contributed by atoms with van der Waals surface area (Å²) in [6.45, 7) is 1.21. The molecule has 1 N–H and O–H groups in total. The Bertz CT molecular complexity index is 779. The van der Waals surface area contributed by atoms with Crippen LogP contribution in [0.25, 0.3) is 0 Å². The lowest BCUT2D eigenvalue weighted by atomic mass is 10.1. The zero-order chi connectivity index (χ0) is 18.7. The first kappa shape index (κ1) is 18.3. The molecule has 0 aliphatic heterocycles. The van der Waals surface area contributed by atoms with Crippen LogP contribution in [0.2, 0.25) is 0 Å². The van der Waals surface area contributed by atoms with Crippen LogP contribution in [0, 0.1) is 0 Å². The van der Waals surface area contributed by atoms with Gasteiger partial charge in [-0.15, -0.1) is 0 Å². The smallest absolute Gasteiger partial charge is 0.276 e. The Morgan fingerprint density at radius 3 is 2.77 bits per heavy atom. The summed E-state index contributed by atoms with van der Waals surface area (Å²) in [6.07, 6.45) is 0.963. The quantitative estimate of drug-likeness (QED) is 0.860. The van der Waals surface area contributed by atoms with E-state index in [0.717, 1.165) is 6.54 Å². The molecule has 1 aromatic heterocycles. The summed E-state index contributed by atoms with van der Waals surface area (Å²) in [5.74, 6) is -3.21. The highest BCUT2D eigenvalue weighted by molar-refractivity contribution is 5.94. The van der Waals surface area contributed by atoms with Gasteiger partial charge in [-0.1, -0.05) is 24.3 Å². The van der Waals surface area contributed by atoms with E-state index in [4.69, 9.17) is 4.74 Å². The van der Waals surface area contributed by atoms with Crippen LogP contribution in [0.3, 0.4) is 0 Å². The third-order valence-corrected chi connectivity index (χ3v) is 4.28. The van der Waals surface area contributed by atoms with E-state index in [0.29, 0.717) is 23.6 Å². The normalized spacial score (nSPS) is 17.8. The summed E-state index contributed by atoms with van der Waals surface area (Å²) < 4.78 is 34.0. The highest BCUT2D eigenvalue weighted by atomic mass is 19.3. The molecular weight excluding hydrogens is 340 g/mol. The van der Waals surface area contributed by atoms with E-state index < -0.39 is 17.9 Å². The van der Waals surface area contributed by atoms with Crippen LogP contribution in [0.4, 0.5) is 8.78 Å². The minimum Gasteiger partial charge on any atom is -0.476 e. The van der Waals surface area contributed by atoms with Gasteiger partial charge < -0.3 is 15.0 Å². The van der Waals surface area contributed by atoms with Crippen molar-refractivity contribution in [3.8, 4) is 5.88 Å². The molecule has 0 bridgehead atoms. The standard InChI is InChI=1S/C19H21F2N3O2/c1-24(2)9-10-26-16-8-7-14(12-22-16)18(25)23-17-15-6-4-3-5-13(15)11-19(17,20)21/h3-8,12,17H,9-11H2,1-2H3,(H,23,25). The van der Waals surface area contributed by atoms with Crippen LogP contribution in [0.5, 0.6) is 5.88 Å². The van der Waals surface area contributed by atoms with E-state index in [1.54, 1.807) is 30.3 Å². The number of likely N-dealkylation sites (N-methyl/N-ethyl adjacent to an activating group) is 1. The van der Waals surface area contributed by atoms with E-state index in [-0.39, 0.29) is 12.0 Å². The van der Waals surface area contributed by atoms with Gasteiger partial charge >= 0.3 is 0 Å². The minimum atomic E-state index is -3.01. The predicted molar refractivity (Wildman–Crippen MR) is 93.6 cm³/mol. The summed E-state index contributed by atoms with van der Waals surface area (Å²) in [5, 5.41) is 2.44. The number of aromatic nitrogens is 1. The van der Waals surface area contributed by atoms with Crippen molar-refractivity contribution in [3.63, 3.8) is 0 Å². The fourth-order valence-corrected chi connectivity index (χ4v) is 2.89. The van der Waals surface area contributed by atoms with Crippen molar-refractivity contribution in [2.24, 2.45) is 0 Å². The van der Waals surface area contributed by atoms with Crippen molar-refractivity contribution < 1.29 is 18.3 Å². The number of fused-ring (bicyclic) bond motifs is 1. The molecule has 3 rings (SSSR count). The number of pyridine rings is 1. The van der Waals surface area contributed by atoms with Crippen molar-refractivity contribution in [2.45, 2.75) is 18.4 Å². The Hall–Kier alpha value is -2.54. The van der Waals surface area contributed by atoms with Gasteiger partial charge in [-0.25, -0.2) is 13.8 Å². The molecular formula is C19H21F2N3O2. The van der Waals surface area contributed by atoms with Gasteiger partial charge in [0.05, 0.1) is 5.56 Å². The van der Waals surface area contributed by atoms with Gasteiger partial charge in [0.1, 0.15) is 12.6 Å². The maximum atomic E-state index is 14.3. The largest absolute Gasteiger partial charge is 0.476 e. The first-order valence-electron chi connectivity index (χ1n) is 8.37. The number of hydrogen-bond donors (Lipinski definition) is 1. The van der Waals surface area contributed by atoms with Gasteiger partial charge in [0.25, 0.3) is 11.8 Å². The first-order chi connectivity index (χ1) is 12.4.